The van der Waals surface area contributed by atoms with Gasteiger partial charge in [0.25, 0.3) is 0 Å². The van der Waals surface area contributed by atoms with Crippen LogP contribution in [0, 0.1) is 0 Å². The molecule has 0 saturated heterocycles. The third-order valence-corrected chi connectivity index (χ3v) is 2.36. The van der Waals surface area contributed by atoms with Crippen molar-refractivity contribution in [2.75, 3.05) is 6.61 Å². The molecule has 94 valence electrons. The smallest absolute Gasteiger partial charge is 0.358 e. The van der Waals surface area contributed by atoms with E-state index in [1.807, 2.05) is 30.3 Å². The number of aromatic nitrogens is 1. The van der Waals surface area contributed by atoms with E-state index >= 15 is 0 Å². The minimum atomic E-state index is -1.08. The van der Waals surface area contributed by atoms with Crippen molar-refractivity contribution in [2.45, 2.75) is 12.8 Å². The number of rotatable bonds is 6. The molecule has 0 aliphatic heterocycles. The molecule has 0 radical (unpaired) electrons. The fourth-order valence-corrected chi connectivity index (χ4v) is 1.48. The van der Waals surface area contributed by atoms with Gasteiger partial charge in [-0.2, -0.15) is 0 Å². The summed E-state index contributed by atoms with van der Waals surface area (Å²) in [7, 11) is 0. The molecule has 1 aromatic carbocycles. The van der Waals surface area contributed by atoms with Crippen LogP contribution in [0.1, 0.15) is 22.7 Å². The molecular formula is C13H13NO4. The molecule has 2 rings (SSSR count). The summed E-state index contributed by atoms with van der Waals surface area (Å²) in [6.07, 6.45) is 1.34. The number of hydrogen-bond donors (Lipinski definition) is 1. The van der Waals surface area contributed by atoms with Crippen molar-refractivity contribution >= 4 is 5.97 Å². The maximum Gasteiger partial charge on any atom is 0.358 e. The Morgan fingerprint density at radius 3 is 2.78 bits per heavy atom. The molecule has 0 fully saturated rings. The molecule has 1 aromatic heterocycles. The number of para-hydroxylation sites is 1. The quantitative estimate of drug-likeness (QED) is 0.793. The van der Waals surface area contributed by atoms with Gasteiger partial charge < -0.3 is 14.4 Å². The van der Waals surface area contributed by atoms with Gasteiger partial charge in [-0.15, -0.1) is 0 Å². The number of aromatic carboxylic acids is 1. The van der Waals surface area contributed by atoms with Crippen LogP contribution in [-0.2, 0) is 6.42 Å². The van der Waals surface area contributed by atoms with Crippen LogP contribution in [0.5, 0.6) is 5.75 Å². The molecule has 18 heavy (non-hydrogen) atoms. The standard InChI is InChI=1S/C13H13NO4/c15-13(16)12-9-11(18-14-12)7-4-8-17-10-5-2-1-3-6-10/h1-3,5-6,9H,4,7-8H2,(H,15,16). The molecule has 1 heterocycles. The van der Waals surface area contributed by atoms with Gasteiger partial charge in [0, 0.05) is 12.5 Å². The van der Waals surface area contributed by atoms with Crippen LogP contribution in [0.15, 0.2) is 40.9 Å². The van der Waals surface area contributed by atoms with E-state index in [1.54, 1.807) is 0 Å². The van der Waals surface area contributed by atoms with Crippen LogP contribution in [0.25, 0.3) is 0 Å². The van der Waals surface area contributed by atoms with E-state index in [0.717, 1.165) is 12.2 Å². The van der Waals surface area contributed by atoms with Gasteiger partial charge in [-0.1, -0.05) is 23.4 Å². The fourth-order valence-electron chi connectivity index (χ4n) is 1.48. The molecule has 5 heteroatoms. The van der Waals surface area contributed by atoms with Crippen LogP contribution < -0.4 is 4.74 Å². The first-order chi connectivity index (χ1) is 8.75. The Hall–Kier alpha value is -2.30. The highest BCUT2D eigenvalue weighted by molar-refractivity contribution is 5.85. The Kier molecular flexibility index (Phi) is 3.96. The van der Waals surface area contributed by atoms with Crippen molar-refractivity contribution in [3.05, 3.63) is 47.9 Å². The number of hydrogen-bond acceptors (Lipinski definition) is 4. The van der Waals surface area contributed by atoms with E-state index in [1.165, 1.54) is 6.07 Å². The molecule has 0 unspecified atom stereocenters. The lowest BCUT2D eigenvalue weighted by molar-refractivity contribution is 0.0685. The molecule has 1 N–H and O–H groups in total. The number of ether oxygens (including phenoxy) is 1. The zero-order valence-corrected chi connectivity index (χ0v) is 9.70. The Labute approximate surface area is 104 Å². The predicted molar refractivity (Wildman–Crippen MR) is 63.7 cm³/mol. The van der Waals surface area contributed by atoms with Crippen molar-refractivity contribution in [1.29, 1.82) is 0 Å². The summed E-state index contributed by atoms with van der Waals surface area (Å²) in [6, 6.07) is 10.9. The van der Waals surface area contributed by atoms with Gasteiger partial charge in [-0.25, -0.2) is 4.79 Å². The zero-order chi connectivity index (χ0) is 12.8. The number of carboxylic acid groups (broad SMARTS) is 1. The third kappa shape index (κ3) is 3.35. The maximum absolute atomic E-state index is 10.6. The fraction of sp³-hybridized carbons (Fsp3) is 0.231. The van der Waals surface area contributed by atoms with Crippen molar-refractivity contribution in [2.24, 2.45) is 0 Å². The molecule has 0 amide bonds. The molecule has 0 saturated carbocycles. The zero-order valence-electron chi connectivity index (χ0n) is 9.70. The second-order valence-electron chi connectivity index (χ2n) is 3.75. The van der Waals surface area contributed by atoms with Crippen molar-refractivity contribution in [3.8, 4) is 5.75 Å². The normalized spacial score (nSPS) is 10.2. The Balaban J connectivity index is 1.73. The molecule has 0 aliphatic rings. The molecule has 0 bridgehead atoms. The Bertz CT molecular complexity index is 507. The molecule has 0 atom stereocenters. The first-order valence-electron chi connectivity index (χ1n) is 5.62. The molecule has 0 spiro atoms. The van der Waals surface area contributed by atoms with Crippen molar-refractivity contribution < 1.29 is 19.2 Å². The van der Waals surface area contributed by atoms with Crippen LogP contribution in [0.4, 0.5) is 0 Å². The van der Waals surface area contributed by atoms with Gasteiger partial charge in [0.05, 0.1) is 6.61 Å². The molecule has 5 nitrogen and oxygen atoms in total. The molecule has 0 aliphatic carbocycles. The molecule has 2 aromatic rings. The van der Waals surface area contributed by atoms with Crippen LogP contribution in [0.2, 0.25) is 0 Å². The summed E-state index contributed by atoms with van der Waals surface area (Å²) in [5.41, 5.74) is -0.0611. The van der Waals surface area contributed by atoms with Gasteiger partial charge in [-0.05, 0) is 18.6 Å². The summed E-state index contributed by atoms with van der Waals surface area (Å²) in [5, 5.41) is 12.1. The lowest BCUT2D eigenvalue weighted by atomic mass is 10.2. The van der Waals surface area contributed by atoms with Gasteiger partial charge in [0.15, 0.2) is 5.69 Å². The number of carbonyl (C=O) groups is 1. The minimum Gasteiger partial charge on any atom is -0.494 e. The number of aryl methyl sites for hydroxylation is 1. The summed E-state index contributed by atoms with van der Waals surface area (Å²) < 4.78 is 10.4. The van der Waals surface area contributed by atoms with E-state index in [9.17, 15) is 4.79 Å². The minimum absolute atomic E-state index is 0.0611. The predicted octanol–water partition coefficient (Wildman–Crippen LogP) is 2.38. The van der Waals surface area contributed by atoms with Gasteiger partial charge >= 0.3 is 5.97 Å². The van der Waals surface area contributed by atoms with Crippen LogP contribution in [-0.4, -0.2) is 22.8 Å². The van der Waals surface area contributed by atoms with E-state index in [4.69, 9.17) is 14.4 Å². The first-order valence-corrected chi connectivity index (χ1v) is 5.62. The largest absolute Gasteiger partial charge is 0.494 e. The average molecular weight is 247 g/mol. The average Bonchev–Trinajstić information content (AvgIpc) is 2.85. The van der Waals surface area contributed by atoms with E-state index in [-0.39, 0.29) is 5.69 Å². The van der Waals surface area contributed by atoms with Gasteiger partial charge in [0.2, 0.25) is 0 Å². The summed E-state index contributed by atoms with van der Waals surface area (Å²) >= 11 is 0. The van der Waals surface area contributed by atoms with E-state index < -0.39 is 5.97 Å². The number of benzene rings is 1. The summed E-state index contributed by atoms with van der Waals surface area (Å²) in [4.78, 5) is 10.6. The Morgan fingerprint density at radius 2 is 2.11 bits per heavy atom. The topological polar surface area (TPSA) is 72.6 Å². The monoisotopic (exact) mass is 247 g/mol. The SMILES string of the molecule is O=C(O)c1cc(CCCOc2ccccc2)on1. The highest BCUT2D eigenvalue weighted by Gasteiger charge is 2.10. The van der Waals surface area contributed by atoms with Gasteiger partial charge in [-0.3, -0.25) is 0 Å². The van der Waals surface area contributed by atoms with Crippen molar-refractivity contribution in [3.63, 3.8) is 0 Å². The van der Waals surface area contributed by atoms with Gasteiger partial charge in [0.1, 0.15) is 11.5 Å². The van der Waals surface area contributed by atoms with E-state index in [2.05, 4.69) is 5.16 Å². The van der Waals surface area contributed by atoms with Crippen molar-refractivity contribution in [1.82, 2.24) is 5.16 Å². The summed E-state index contributed by atoms with van der Waals surface area (Å²) in [6.45, 7) is 0.549. The van der Waals surface area contributed by atoms with Crippen LogP contribution in [0.3, 0.4) is 0 Å². The number of carboxylic acids is 1. The Morgan fingerprint density at radius 1 is 1.33 bits per heavy atom. The maximum atomic E-state index is 10.6. The third-order valence-electron chi connectivity index (χ3n) is 2.36. The summed E-state index contributed by atoms with van der Waals surface area (Å²) in [5.74, 6) is 0.302. The molecular weight excluding hydrogens is 234 g/mol. The number of nitrogens with zero attached hydrogens (tertiary/aromatic N) is 1. The van der Waals surface area contributed by atoms with Crippen LogP contribution >= 0.6 is 0 Å². The highest BCUT2D eigenvalue weighted by atomic mass is 16.5. The first kappa shape index (κ1) is 12.2. The second-order valence-corrected chi connectivity index (χ2v) is 3.75. The van der Waals surface area contributed by atoms with E-state index in [0.29, 0.717) is 18.8 Å². The second kappa shape index (κ2) is 5.86. The lowest BCUT2D eigenvalue weighted by Gasteiger charge is -2.03. The highest BCUT2D eigenvalue weighted by Crippen LogP contribution is 2.10. The lowest BCUT2D eigenvalue weighted by Crippen LogP contribution is -1.98.